The Balaban J connectivity index is 1.95. The highest BCUT2D eigenvalue weighted by molar-refractivity contribution is 5.22. The molecule has 0 amide bonds. The molecule has 1 heterocycles. The highest BCUT2D eigenvalue weighted by Crippen LogP contribution is 2.33. The van der Waals surface area contributed by atoms with Gasteiger partial charge in [0.15, 0.2) is 0 Å². The second kappa shape index (κ2) is 10.8. The number of benzene rings is 1. The van der Waals surface area contributed by atoms with Crippen molar-refractivity contribution in [2.45, 2.75) is 44.9 Å². The Morgan fingerprint density at radius 2 is 2.00 bits per heavy atom. The Morgan fingerprint density at radius 3 is 2.71 bits per heavy atom. The fourth-order valence-electron chi connectivity index (χ4n) is 3.77. The van der Waals surface area contributed by atoms with Gasteiger partial charge in [-0.1, -0.05) is 31.9 Å². The lowest BCUT2D eigenvalue weighted by Gasteiger charge is -2.39. The molecule has 1 fully saturated rings. The van der Waals surface area contributed by atoms with Crippen LogP contribution in [0, 0.1) is 11.7 Å². The van der Waals surface area contributed by atoms with Gasteiger partial charge in [-0.05, 0) is 81.5 Å². The van der Waals surface area contributed by atoms with Gasteiger partial charge in [0.25, 0.3) is 0 Å². The second-order valence-corrected chi connectivity index (χ2v) is 7.06. The molecule has 4 heteroatoms. The fraction of sp³-hybridized carbons (Fsp3) is 0.700. The van der Waals surface area contributed by atoms with Gasteiger partial charge >= 0.3 is 0 Å². The third-order valence-corrected chi connectivity index (χ3v) is 5.16. The van der Waals surface area contributed by atoms with Crippen LogP contribution in [0.25, 0.3) is 0 Å². The number of likely N-dealkylation sites (tertiary alicyclic amines) is 1. The van der Waals surface area contributed by atoms with E-state index in [1.807, 2.05) is 12.1 Å². The van der Waals surface area contributed by atoms with Crippen LogP contribution < -0.4 is 11.1 Å². The molecule has 0 aromatic heterocycles. The van der Waals surface area contributed by atoms with Crippen LogP contribution in [-0.2, 0) is 0 Å². The summed E-state index contributed by atoms with van der Waals surface area (Å²) in [4.78, 5) is 2.62. The summed E-state index contributed by atoms with van der Waals surface area (Å²) in [5, 5.41) is 3.57. The molecule has 0 aliphatic carbocycles. The molecule has 0 saturated carbocycles. The summed E-state index contributed by atoms with van der Waals surface area (Å²) in [7, 11) is 0. The molecule has 136 valence electrons. The first-order valence-corrected chi connectivity index (χ1v) is 9.63. The van der Waals surface area contributed by atoms with Crippen molar-refractivity contribution >= 4 is 0 Å². The van der Waals surface area contributed by atoms with Crippen LogP contribution in [0.15, 0.2) is 24.3 Å². The van der Waals surface area contributed by atoms with E-state index in [0.717, 1.165) is 39.1 Å². The van der Waals surface area contributed by atoms with Crippen molar-refractivity contribution in [1.29, 1.82) is 0 Å². The van der Waals surface area contributed by atoms with Crippen molar-refractivity contribution in [1.82, 2.24) is 10.2 Å². The van der Waals surface area contributed by atoms with Gasteiger partial charge in [-0.2, -0.15) is 0 Å². The summed E-state index contributed by atoms with van der Waals surface area (Å²) in [5.74, 6) is 0.968. The summed E-state index contributed by atoms with van der Waals surface area (Å²) in [6, 6.07) is 7.14. The summed E-state index contributed by atoms with van der Waals surface area (Å²) < 4.78 is 13.2. The highest BCUT2D eigenvalue weighted by Gasteiger charge is 2.29. The van der Waals surface area contributed by atoms with Crippen LogP contribution in [-0.4, -0.2) is 44.2 Å². The van der Waals surface area contributed by atoms with E-state index < -0.39 is 0 Å². The van der Waals surface area contributed by atoms with Gasteiger partial charge in [0.1, 0.15) is 5.82 Å². The number of rotatable bonds is 10. The number of nitrogens with two attached hydrogens (primary N) is 1. The zero-order valence-corrected chi connectivity index (χ0v) is 15.1. The second-order valence-electron chi connectivity index (χ2n) is 7.06. The van der Waals surface area contributed by atoms with E-state index in [2.05, 4.69) is 17.1 Å². The van der Waals surface area contributed by atoms with Gasteiger partial charge in [0.05, 0.1) is 0 Å². The average Bonchev–Trinajstić information content (AvgIpc) is 2.60. The zero-order chi connectivity index (χ0) is 17.2. The van der Waals surface area contributed by atoms with Gasteiger partial charge in [-0.3, -0.25) is 0 Å². The molecule has 3 N–H and O–H groups in total. The molecule has 1 aliphatic rings. The monoisotopic (exact) mass is 335 g/mol. The molecule has 0 bridgehead atoms. The minimum atomic E-state index is -0.145. The SMILES string of the molecule is CCCCCN1CC[C@@H](c2ccc(F)cc2)[C@H](CNCCCN)C1. The molecule has 0 spiro atoms. The van der Waals surface area contributed by atoms with E-state index in [0.29, 0.717) is 11.8 Å². The van der Waals surface area contributed by atoms with Crippen LogP contribution in [0.2, 0.25) is 0 Å². The standard InChI is InChI=1S/C20H34FN3/c1-2-3-4-13-24-14-10-20(17-6-8-19(21)9-7-17)18(16-24)15-23-12-5-11-22/h6-9,18,20,23H,2-5,10-16,22H2,1H3/t18-,20+/m1/s1. The molecule has 1 saturated heterocycles. The minimum absolute atomic E-state index is 0.145. The third-order valence-electron chi connectivity index (χ3n) is 5.16. The van der Waals surface area contributed by atoms with Gasteiger partial charge in [0.2, 0.25) is 0 Å². The molecule has 24 heavy (non-hydrogen) atoms. The molecule has 2 atom stereocenters. The number of unbranched alkanes of at least 4 members (excludes halogenated alkanes) is 2. The number of nitrogens with one attached hydrogen (secondary N) is 1. The highest BCUT2D eigenvalue weighted by atomic mass is 19.1. The van der Waals surface area contributed by atoms with Crippen LogP contribution >= 0.6 is 0 Å². The Hall–Kier alpha value is -0.970. The molecule has 0 unspecified atom stereocenters. The molecular weight excluding hydrogens is 301 g/mol. The molecular formula is C20H34FN3. The number of nitrogens with zero attached hydrogens (tertiary/aromatic N) is 1. The fourth-order valence-corrected chi connectivity index (χ4v) is 3.77. The lowest BCUT2D eigenvalue weighted by atomic mass is 9.80. The maximum Gasteiger partial charge on any atom is 0.123 e. The summed E-state index contributed by atoms with van der Waals surface area (Å²) >= 11 is 0. The number of piperidine rings is 1. The molecule has 0 radical (unpaired) electrons. The first-order valence-electron chi connectivity index (χ1n) is 9.63. The van der Waals surface area contributed by atoms with Crippen molar-refractivity contribution in [3.63, 3.8) is 0 Å². The van der Waals surface area contributed by atoms with E-state index in [9.17, 15) is 4.39 Å². The first kappa shape index (κ1) is 19.4. The smallest absolute Gasteiger partial charge is 0.123 e. The lowest BCUT2D eigenvalue weighted by molar-refractivity contribution is 0.149. The Bertz CT molecular complexity index is 449. The van der Waals surface area contributed by atoms with E-state index in [1.165, 1.54) is 37.8 Å². The molecule has 3 nitrogen and oxygen atoms in total. The topological polar surface area (TPSA) is 41.3 Å². The Labute approximate surface area is 146 Å². The van der Waals surface area contributed by atoms with Crippen molar-refractivity contribution in [2.24, 2.45) is 11.7 Å². The normalized spacial score (nSPS) is 22.0. The summed E-state index contributed by atoms with van der Waals surface area (Å²) in [6.45, 7) is 8.51. The largest absolute Gasteiger partial charge is 0.330 e. The van der Waals surface area contributed by atoms with Crippen LogP contribution in [0.3, 0.4) is 0 Å². The molecule has 2 rings (SSSR count). The van der Waals surface area contributed by atoms with Crippen molar-refractivity contribution in [2.75, 3.05) is 39.3 Å². The lowest BCUT2D eigenvalue weighted by Crippen LogP contribution is -2.44. The van der Waals surface area contributed by atoms with Crippen LogP contribution in [0.4, 0.5) is 4.39 Å². The Kier molecular flexibility index (Phi) is 8.71. The van der Waals surface area contributed by atoms with Crippen molar-refractivity contribution in [3.05, 3.63) is 35.6 Å². The predicted molar refractivity (Wildman–Crippen MR) is 99.8 cm³/mol. The van der Waals surface area contributed by atoms with Crippen molar-refractivity contribution < 1.29 is 4.39 Å². The predicted octanol–water partition coefficient (Wildman–Crippen LogP) is 3.36. The molecule has 1 aliphatic heterocycles. The third kappa shape index (κ3) is 6.15. The molecule has 1 aromatic carbocycles. The van der Waals surface area contributed by atoms with E-state index in [1.54, 1.807) is 12.1 Å². The van der Waals surface area contributed by atoms with Gasteiger partial charge in [0, 0.05) is 6.54 Å². The van der Waals surface area contributed by atoms with E-state index in [4.69, 9.17) is 5.73 Å². The zero-order valence-electron chi connectivity index (χ0n) is 15.1. The summed E-state index contributed by atoms with van der Waals surface area (Å²) in [6.07, 6.45) is 6.08. The van der Waals surface area contributed by atoms with Crippen LogP contribution in [0.1, 0.15) is 50.5 Å². The van der Waals surface area contributed by atoms with E-state index in [-0.39, 0.29) is 5.82 Å². The van der Waals surface area contributed by atoms with Gasteiger partial charge < -0.3 is 16.0 Å². The number of hydrogen-bond acceptors (Lipinski definition) is 3. The average molecular weight is 336 g/mol. The quantitative estimate of drug-likeness (QED) is 0.644. The Morgan fingerprint density at radius 1 is 1.21 bits per heavy atom. The maximum absolute atomic E-state index is 13.2. The van der Waals surface area contributed by atoms with Gasteiger partial charge in [-0.15, -0.1) is 0 Å². The van der Waals surface area contributed by atoms with Crippen LogP contribution in [0.5, 0.6) is 0 Å². The minimum Gasteiger partial charge on any atom is -0.330 e. The molecule has 1 aromatic rings. The van der Waals surface area contributed by atoms with E-state index >= 15 is 0 Å². The summed E-state index contributed by atoms with van der Waals surface area (Å²) in [5.41, 5.74) is 6.87. The van der Waals surface area contributed by atoms with Crippen molar-refractivity contribution in [3.8, 4) is 0 Å². The maximum atomic E-state index is 13.2. The number of halogens is 1. The number of hydrogen-bond donors (Lipinski definition) is 2. The first-order chi connectivity index (χ1) is 11.7. The van der Waals surface area contributed by atoms with Gasteiger partial charge in [-0.25, -0.2) is 4.39 Å².